The van der Waals surface area contributed by atoms with Gasteiger partial charge in [0.1, 0.15) is 5.03 Å². The molecule has 0 aliphatic carbocycles. The van der Waals surface area contributed by atoms with Crippen molar-refractivity contribution >= 4 is 35.2 Å². The Morgan fingerprint density at radius 1 is 1.13 bits per heavy atom. The molecule has 0 fully saturated rings. The lowest BCUT2D eigenvalue weighted by Gasteiger charge is -2.20. The number of benzene rings is 1. The average Bonchev–Trinajstić information content (AvgIpc) is 3.17. The molecule has 0 radical (unpaired) electrons. The van der Waals surface area contributed by atoms with Gasteiger partial charge < -0.3 is 24.8 Å². The summed E-state index contributed by atoms with van der Waals surface area (Å²) in [4.78, 5) is 40.7. The fourth-order valence-electron chi connectivity index (χ4n) is 2.63. The van der Waals surface area contributed by atoms with E-state index in [9.17, 15) is 14.4 Å². The third-order valence-corrected chi connectivity index (χ3v) is 4.84. The van der Waals surface area contributed by atoms with E-state index in [0.717, 1.165) is 11.8 Å². The van der Waals surface area contributed by atoms with Crippen molar-refractivity contribution in [3.8, 4) is 11.5 Å². The number of aromatic nitrogens is 1. The van der Waals surface area contributed by atoms with Crippen LogP contribution in [0.2, 0.25) is 0 Å². The average molecular weight is 445 g/mol. The van der Waals surface area contributed by atoms with Gasteiger partial charge in [-0.15, -0.1) is 0 Å². The first-order chi connectivity index (χ1) is 14.7. The normalized spacial score (nSPS) is 12.2. The topological polar surface area (TPSA) is 116 Å². The first kappa shape index (κ1) is 22.4. The summed E-state index contributed by atoms with van der Waals surface area (Å²) in [5.74, 6) is -0.150. The molecule has 0 saturated heterocycles. The van der Waals surface area contributed by atoms with Crippen molar-refractivity contribution in [2.75, 3.05) is 24.5 Å². The van der Waals surface area contributed by atoms with E-state index in [-0.39, 0.29) is 24.0 Å². The molecular formula is C21H23N3O6S. The summed E-state index contributed by atoms with van der Waals surface area (Å²) in [5.41, 5.74) is 0.330. The minimum atomic E-state index is -0.684. The maximum Gasteiger partial charge on any atom is 0.341 e. The highest BCUT2D eigenvalue weighted by molar-refractivity contribution is 8.00. The summed E-state index contributed by atoms with van der Waals surface area (Å²) in [7, 11) is 0. The second kappa shape index (κ2) is 9.69. The molecule has 10 heteroatoms. The van der Waals surface area contributed by atoms with Crippen molar-refractivity contribution < 1.29 is 28.6 Å². The number of carbonyl (C=O) groups is 3. The fourth-order valence-corrected chi connectivity index (χ4v) is 3.41. The highest BCUT2D eigenvalue weighted by Crippen LogP contribution is 2.34. The van der Waals surface area contributed by atoms with E-state index in [1.54, 1.807) is 24.3 Å². The van der Waals surface area contributed by atoms with Gasteiger partial charge in [0.2, 0.25) is 12.7 Å². The highest BCUT2D eigenvalue weighted by atomic mass is 32.2. The van der Waals surface area contributed by atoms with Crippen LogP contribution < -0.4 is 20.1 Å². The quantitative estimate of drug-likeness (QED) is 0.494. The van der Waals surface area contributed by atoms with E-state index in [4.69, 9.17) is 14.2 Å². The number of anilines is 1. The Hall–Kier alpha value is -3.27. The zero-order valence-electron chi connectivity index (χ0n) is 17.4. The molecule has 1 aliphatic rings. The molecule has 164 valence electrons. The van der Waals surface area contributed by atoms with Gasteiger partial charge in [-0.05, 0) is 45.0 Å². The molecule has 0 unspecified atom stereocenters. The van der Waals surface area contributed by atoms with Crippen LogP contribution in [-0.2, 0) is 14.3 Å². The molecule has 0 saturated carbocycles. The number of fused-ring (bicyclic) bond motifs is 1. The number of esters is 1. The van der Waals surface area contributed by atoms with Crippen molar-refractivity contribution in [1.29, 1.82) is 0 Å². The Morgan fingerprint density at radius 2 is 1.90 bits per heavy atom. The van der Waals surface area contributed by atoms with Crippen molar-refractivity contribution in [2.45, 2.75) is 31.3 Å². The van der Waals surface area contributed by atoms with Gasteiger partial charge in [0.25, 0.3) is 5.91 Å². The van der Waals surface area contributed by atoms with Crippen molar-refractivity contribution in [3.05, 3.63) is 42.1 Å². The van der Waals surface area contributed by atoms with E-state index >= 15 is 0 Å². The van der Waals surface area contributed by atoms with Crippen molar-refractivity contribution in [3.63, 3.8) is 0 Å². The summed E-state index contributed by atoms with van der Waals surface area (Å²) < 4.78 is 15.6. The van der Waals surface area contributed by atoms with Gasteiger partial charge in [-0.1, -0.05) is 11.8 Å². The number of pyridine rings is 1. The molecule has 3 rings (SSSR count). The monoisotopic (exact) mass is 445 g/mol. The largest absolute Gasteiger partial charge is 0.454 e. The zero-order valence-corrected chi connectivity index (χ0v) is 18.2. The van der Waals surface area contributed by atoms with Crippen LogP contribution in [0.25, 0.3) is 0 Å². The molecule has 1 aromatic carbocycles. The SMILES string of the molecule is CC(C)(C)NC(=O)COC(=O)c1cccnc1SCC(=O)Nc1ccc2c(c1)OCO2. The number of hydrogen-bond donors (Lipinski definition) is 2. The molecule has 0 atom stereocenters. The second-order valence-corrected chi connectivity index (χ2v) is 8.60. The Labute approximate surface area is 183 Å². The van der Waals surface area contributed by atoms with E-state index in [0.29, 0.717) is 22.2 Å². The minimum absolute atomic E-state index is 0.0241. The Bertz CT molecular complexity index is 989. The van der Waals surface area contributed by atoms with Crippen LogP contribution in [0.15, 0.2) is 41.6 Å². The van der Waals surface area contributed by atoms with Crippen LogP contribution in [0.5, 0.6) is 11.5 Å². The smallest absolute Gasteiger partial charge is 0.341 e. The summed E-state index contributed by atoms with van der Waals surface area (Å²) in [6.07, 6.45) is 1.52. The van der Waals surface area contributed by atoms with E-state index in [1.807, 2.05) is 20.8 Å². The molecule has 31 heavy (non-hydrogen) atoms. The lowest BCUT2D eigenvalue weighted by Crippen LogP contribution is -2.42. The van der Waals surface area contributed by atoms with Gasteiger partial charge in [-0.25, -0.2) is 9.78 Å². The second-order valence-electron chi connectivity index (χ2n) is 7.64. The van der Waals surface area contributed by atoms with Gasteiger partial charge in [-0.2, -0.15) is 0 Å². The number of nitrogens with zero attached hydrogens (tertiary/aromatic N) is 1. The van der Waals surface area contributed by atoms with Gasteiger partial charge in [0.05, 0.1) is 11.3 Å². The number of carbonyl (C=O) groups excluding carboxylic acids is 3. The summed E-state index contributed by atoms with van der Waals surface area (Å²) in [6, 6.07) is 8.23. The minimum Gasteiger partial charge on any atom is -0.454 e. The van der Waals surface area contributed by atoms with Crippen molar-refractivity contribution in [1.82, 2.24) is 10.3 Å². The number of rotatable bonds is 7. The van der Waals surface area contributed by atoms with Gasteiger partial charge in [0.15, 0.2) is 18.1 Å². The maximum absolute atomic E-state index is 12.4. The summed E-state index contributed by atoms with van der Waals surface area (Å²) >= 11 is 1.09. The number of nitrogens with one attached hydrogen (secondary N) is 2. The van der Waals surface area contributed by atoms with Crippen molar-refractivity contribution in [2.24, 2.45) is 0 Å². The fraction of sp³-hybridized carbons (Fsp3) is 0.333. The molecule has 0 bridgehead atoms. The third-order valence-electron chi connectivity index (χ3n) is 3.84. The first-order valence-corrected chi connectivity index (χ1v) is 10.5. The van der Waals surface area contributed by atoms with Crippen LogP contribution in [0, 0.1) is 0 Å². The van der Waals surface area contributed by atoms with Gasteiger partial charge >= 0.3 is 5.97 Å². The standard InChI is InChI=1S/C21H23N3O6S/c1-21(2,3)24-17(25)10-28-20(27)14-5-4-8-22-19(14)31-11-18(26)23-13-6-7-15-16(9-13)30-12-29-15/h4-9H,10-12H2,1-3H3,(H,23,26)(H,24,25). The van der Waals surface area contributed by atoms with Crippen LogP contribution in [0.4, 0.5) is 5.69 Å². The Kier molecular flexibility index (Phi) is 7.01. The van der Waals surface area contributed by atoms with Gasteiger partial charge in [0, 0.05) is 23.5 Å². The lowest BCUT2D eigenvalue weighted by molar-refractivity contribution is -0.125. The molecule has 2 heterocycles. The van der Waals surface area contributed by atoms with Crippen LogP contribution >= 0.6 is 11.8 Å². The van der Waals surface area contributed by atoms with Crippen LogP contribution in [-0.4, -0.2) is 47.5 Å². The lowest BCUT2D eigenvalue weighted by atomic mass is 10.1. The van der Waals surface area contributed by atoms with E-state index < -0.39 is 24.0 Å². The maximum atomic E-state index is 12.4. The van der Waals surface area contributed by atoms with Gasteiger partial charge in [-0.3, -0.25) is 9.59 Å². The molecular weight excluding hydrogens is 422 g/mol. The molecule has 2 aromatic rings. The van der Waals surface area contributed by atoms with Crippen LogP contribution in [0.3, 0.4) is 0 Å². The number of amides is 2. The Balaban J connectivity index is 1.54. The predicted octanol–water partition coefficient (Wildman–Crippen LogP) is 2.61. The molecule has 0 spiro atoms. The number of hydrogen-bond acceptors (Lipinski definition) is 8. The molecule has 9 nitrogen and oxygen atoms in total. The molecule has 2 amide bonds. The number of thioether (sulfide) groups is 1. The zero-order chi connectivity index (χ0) is 22.4. The van der Waals surface area contributed by atoms with E-state index in [1.165, 1.54) is 12.3 Å². The molecule has 2 N–H and O–H groups in total. The van der Waals surface area contributed by atoms with Crippen LogP contribution in [0.1, 0.15) is 31.1 Å². The highest BCUT2D eigenvalue weighted by Gasteiger charge is 2.19. The number of ether oxygens (including phenoxy) is 3. The Morgan fingerprint density at radius 3 is 2.68 bits per heavy atom. The third kappa shape index (κ3) is 6.61. The first-order valence-electron chi connectivity index (χ1n) is 9.47. The summed E-state index contributed by atoms with van der Waals surface area (Å²) in [6.45, 7) is 5.24. The summed E-state index contributed by atoms with van der Waals surface area (Å²) in [5, 5.41) is 5.81. The molecule has 1 aliphatic heterocycles. The molecule has 1 aromatic heterocycles. The van der Waals surface area contributed by atoms with E-state index in [2.05, 4.69) is 15.6 Å². The predicted molar refractivity (Wildman–Crippen MR) is 114 cm³/mol.